The first-order valence-electron chi connectivity index (χ1n) is 3.92. The van der Waals surface area contributed by atoms with E-state index in [0.717, 1.165) is 20.1 Å². The molecule has 1 aromatic heterocycles. The Morgan fingerprint density at radius 1 is 1.50 bits per heavy atom. The SMILES string of the molecule is N#Cc1cc(Br)c2scc(CCl)c2c1. The molecule has 2 rings (SSSR count). The lowest BCUT2D eigenvalue weighted by Crippen LogP contribution is -1.78. The van der Waals surface area contributed by atoms with Gasteiger partial charge in [-0.05, 0) is 44.4 Å². The summed E-state index contributed by atoms with van der Waals surface area (Å²) in [5.41, 5.74) is 1.75. The molecule has 0 atom stereocenters. The average Bonchev–Trinajstić information content (AvgIpc) is 2.61. The predicted octanol–water partition coefficient (Wildman–Crippen LogP) is 4.27. The highest BCUT2D eigenvalue weighted by Gasteiger charge is 2.07. The minimum absolute atomic E-state index is 0.487. The van der Waals surface area contributed by atoms with E-state index in [1.165, 1.54) is 0 Å². The molecule has 4 heteroatoms. The van der Waals surface area contributed by atoms with E-state index in [4.69, 9.17) is 16.9 Å². The number of nitrogens with zero attached hydrogens (tertiary/aromatic N) is 1. The summed E-state index contributed by atoms with van der Waals surface area (Å²) in [7, 11) is 0. The first kappa shape index (κ1) is 9.97. The molecular weight excluding hydrogens is 282 g/mol. The largest absolute Gasteiger partial charge is 0.192 e. The number of fused-ring (bicyclic) bond motifs is 1. The fraction of sp³-hybridized carbons (Fsp3) is 0.100. The van der Waals surface area contributed by atoms with E-state index >= 15 is 0 Å². The van der Waals surface area contributed by atoms with Crippen LogP contribution in [0.1, 0.15) is 11.1 Å². The Morgan fingerprint density at radius 3 is 2.93 bits per heavy atom. The molecule has 0 fully saturated rings. The third-order valence-electron chi connectivity index (χ3n) is 1.98. The number of alkyl halides is 1. The van der Waals surface area contributed by atoms with Crippen LogP contribution in [0.15, 0.2) is 22.0 Å². The van der Waals surface area contributed by atoms with E-state index in [2.05, 4.69) is 22.0 Å². The van der Waals surface area contributed by atoms with Crippen LogP contribution in [0.3, 0.4) is 0 Å². The molecule has 0 aliphatic carbocycles. The van der Waals surface area contributed by atoms with Gasteiger partial charge < -0.3 is 0 Å². The van der Waals surface area contributed by atoms with Gasteiger partial charge in [0.1, 0.15) is 0 Å². The average molecular weight is 287 g/mol. The first-order chi connectivity index (χ1) is 6.76. The van der Waals surface area contributed by atoms with Crippen molar-refractivity contribution in [2.24, 2.45) is 0 Å². The predicted molar refractivity (Wildman–Crippen MR) is 63.8 cm³/mol. The van der Waals surface area contributed by atoms with Crippen LogP contribution >= 0.6 is 38.9 Å². The zero-order chi connectivity index (χ0) is 10.1. The molecule has 1 heterocycles. The Bertz CT molecular complexity index is 527. The van der Waals surface area contributed by atoms with Crippen LogP contribution in [0.5, 0.6) is 0 Å². The zero-order valence-corrected chi connectivity index (χ0v) is 10.2. The van der Waals surface area contributed by atoms with Gasteiger partial charge in [0.15, 0.2) is 0 Å². The molecule has 1 nitrogen and oxygen atoms in total. The molecule has 70 valence electrons. The summed E-state index contributed by atoms with van der Waals surface area (Å²) in [5, 5.41) is 11.9. The fourth-order valence-corrected chi connectivity index (χ4v) is 3.33. The van der Waals surface area contributed by atoms with Crippen molar-refractivity contribution < 1.29 is 0 Å². The molecule has 2 aromatic rings. The second-order valence-electron chi connectivity index (χ2n) is 2.84. The summed E-state index contributed by atoms with van der Waals surface area (Å²) in [6, 6.07) is 5.85. The van der Waals surface area contributed by atoms with E-state index in [0.29, 0.717) is 11.4 Å². The summed E-state index contributed by atoms with van der Waals surface area (Å²) in [4.78, 5) is 0. The molecule has 0 spiro atoms. The van der Waals surface area contributed by atoms with Crippen molar-refractivity contribution in [2.45, 2.75) is 5.88 Å². The molecule has 0 radical (unpaired) electrons. The van der Waals surface area contributed by atoms with Crippen molar-refractivity contribution in [3.8, 4) is 6.07 Å². The number of rotatable bonds is 1. The number of benzene rings is 1. The molecule has 0 unspecified atom stereocenters. The Balaban J connectivity index is 2.82. The standard InChI is InChI=1S/C10H5BrClNS/c11-9-2-6(4-13)1-8-7(3-12)5-14-10(8)9/h1-2,5H,3H2. The van der Waals surface area contributed by atoms with Gasteiger partial charge >= 0.3 is 0 Å². The molecular formula is C10H5BrClNS. The van der Waals surface area contributed by atoms with E-state index in [1.54, 1.807) is 11.3 Å². The Labute approximate surface area is 99.0 Å². The minimum atomic E-state index is 0.487. The summed E-state index contributed by atoms with van der Waals surface area (Å²) in [6.45, 7) is 0. The molecule has 14 heavy (non-hydrogen) atoms. The van der Waals surface area contributed by atoms with E-state index in [1.807, 2.05) is 17.5 Å². The number of nitriles is 1. The molecule has 0 saturated carbocycles. The molecule has 0 bridgehead atoms. The second-order valence-corrected chi connectivity index (χ2v) is 4.84. The van der Waals surface area contributed by atoms with Gasteiger partial charge in [0.25, 0.3) is 0 Å². The Kier molecular flexibility index (Phi) is 2.78. The lowest BCUT2D eigenvalue weighted by Gasteiger charge is -1.97. The van der Waals surface area contributed by atoms with Crippen LogP contribution < -0.4 is 0 Å². The van der Waals surface area contributed by atoms with Crippen molar-refractivity contribution in [2.75, 3.05) is 0 Å². The Hall–Kier alpha value is -0.560. The maximum absolute atomic E-state index is 8.82. The van der Waals surface area contributed by atoms with Gasteiger partial charge in [-0.1, -0.05) is 0 Å². The van der Waals surface area contributed by atoms with Crippen LogP contribution in [0, 0.1) is 11.3 Å². The smallest absolute Gasteiger partial charge is 0.0992 e. The van der Waals surface area contributed by atoms with Crippen molar-refractivity contribution in [3.05, 3.63) is 33.1 Å². The number of hydrogen-bond acceptors (Lipinski definition) is 2. The minimum Gasteiger partial charge on any atom is -0.192 e. The van der Waals surface area contributed by atoms with Gasteiger partial charge in [-0.3, -0.25) is 0 Å². The number of halogens is 2. The lowest BCUT2D eigenvalue weighted by molar-refractivity contribution is 1.47. The fourth-order valence-electron chi connectivity index (χ4n) is 1.31. The summed E-state index contributed by atoms with van der Waals surface area (Å²) in [5.74, 6) is 0.487. The van der Waals surface area contributed by atoms with E-state index in [9.17, 15) is 0 Å². The molecule has 0 amide bonds. The van der Waals surface area contributed by atoms with Gasteiger partial charge in [0.2, 0.25) is 0 Å². The highest BCUT2D eigenvalue weighted by atomic mass is 79.9. The van der Waals surface area contributed by atoms with Gasteiger partial charge in [0, 0.05) is 15.1 Å². The maximum Gasteiger partial charge on any atom is 0.0992 e. The zero-order valence-electron chi connectivity index (χ0n) is 7.05. The molecule has 1 aromatic carbocycles. The van der Waals surface area contributed by atoms with Gasteiger partial charge in [-0.25, -0.2) is 0 Å². The van der Waals surface area contributed by atoms with E-state index < -0.39 is 0 Å². The highest BCUT2D eigenvalue weighted by molar-refractivity contribution is 9.10. The number of hydrogen-bond donors (Lipinski definition) is 0. The monoisotopic (exact) mass is 285 g/mol. The molecule has 0 aliphatic heterocycles. The third kappa shape index (κ3) is 1.54. The van der Waals surface area contributed by atoms with Gasteiger partial charge in [0.05, 0.1) is 11.6 Å². The topological polar surface area (TPSA) is 23.8 Å². The van der Waals surface area contributed by atoms with Gasteiger partial charge in [-0.2, -0.15) is 5.26 Å². The van der Waals surface area contributed by atoms with Crippen LogP contribution in [-0.2, 0) is 5.88 Å². The Morgan fingerprint density at radius 2 is 2.29 bits per heavy atom. The van der Waals surface area contributed by atoms with Crippen molar-refractivity contribution in [3.63, 3.8) is 0 Å². The highest BCUT2D eigenvalue weighted by Crippen LogP contribution is 2.34. The van der Waals surface area contributed by atoms with Gasteiger partial charge in [-0.15, -0.1) is 22.9 Å². The van der Waals surface area contributed by atoms with Crippen molar-refractivity contribution in [1.82, 2.24) is 0 Å². The lowest BCUT2D eigenvalue weighted by atomic mass is 10.1. The summed E-state index contributed by atoms with van der Waals surface area (Å²) < 4.78 is 2.12. The van der Waals surface area contributed by atoms with E-state index in [-0.39, 0.29) is 0 Å². The molecule has 0 N–H and O–H groups in total. The summed E-state index contributed by atoms with van der Waals surface area (Å²) in [6.07, 6.45) is 0. The first-order valence-corrected chi connectivity index (χ1v) is 6.12. The number of thiophene rings is 1. The van der Waals surface area contributed by atoms with Crippen LogP contribution in [0.4, 0.5) is 0 Å². The van der Waals surface area contributed by atoms with Crippen LogP contribution in [0.25, 0.3) is 10.1 Å². The van der Waals surface area contributed by atoms with Crippen LogP contribution in [0.2, 0.25) is 0 Å². The third-order valence-corrected chi connectivity index (χ3v) is 4.24. The quantitative estimate of drug-likeness (QED) is 0.718. The van der Waals surface area contributed by atoms with Crippen LogP contribution in [-0.4, -0.2) is 0 Å². The van der Waals surface area contributed by atoms with Crippen molar-refractivity contribution >= 4 is 49.0 Å². The summed E-state index contributed by atoms with van der Waals surface area (Å²) >= 11 is 10.9. The molecule has 0 aliphatic rings. The van der Waals surface area contributed by atoms with Crippen molar-refractivity contribution in [1.29, 1.82) is 5.26 Å². The normalized spacial score (nSPS) is 10.4. The molecule has 0 saturated heterocycles. The maximum atomic E-state index is 8.82. The second kappa shape index (κ2) is 3.90.